The number of Topliss-reactive ketones (excluding diaryl/α,β-unsaturated/α-hetero) is 1. The largest absolute Gasteiger partial charge is 0.299 e. The van der Waals surface area contributed by atoms with E-state index < -0.39 is 0 Å². The molecule has 0 saturated heterocycles. The van der Waals surface area contributed by atoms with Crippen molar-refractivity contribution in [1.82, 2.24) is 0 Å². The average molecular weight is 295 g/mol. The van der Waals surface area contributed by atoms with Crippen LogP contribution in [0.15, 0.2) is 0 Å². The monoisotopic (exact) mass is 294 g/mol. The van der Waals surface area contributed by atoms with Crippen molar-refractivity contribution >= 4 is 5.78 Å². The highest BCUT2D eigenvalue weighted by atomic mass is 16.1. The van der Waals surface area contributed by atoms with Crippen LogP contribution in [0.1, 0.15) is 98.8 Å². The van der Waals surface area contributed by atoms with Gasteiger partial charge in [-0.15, -0.1) is 0 Å². The smallest absolute Gasteiger partial charge is 0.138 e. The van der Waals surface area contributed by atoms with Crippen molar-refractivity contribution in [2.24, 2.45) is 23.2 Å². The van der Waals surface area contributed by atoms with Gasteiger partial charge in [-0.3, -0.25) is 4.79 Å². The third-order valence-corrected chi connectivity index (χ3v) is 5.44. The van der Waals surface area contributed by atoms with Crippen LogP contribution in [-0.4, -0.2) is 5.78 Å². The van der Waals surface area contributed by atoms with Crippen molar-refractivity contribution < 1.29 is 4.79 Å². The van der Waals surface area contributed by atoms with E-state index in [9.17, 15) is 4.79 Å². The number of ketones is 1. The highest BCUT2D eigenvalue weighted by molar-refractivity contribution is 5.83. The van der Waals surface area contributed by atoms with Gasteiger partial charge in [-0.05, 0) is 37.0 Å². The first kappa shape index (κ1) is 18.7. The van der Waals surface area contributed by atoms with Crippen molar-refractivity contribution in [2.45, 2.75) is 98.8 Å². The van der Waals surface area contributed by atoms with Gasteiger partial charge in [0.1, 0.15) is 5.78 Å². The number of carbonyl (C=O) groups is 1. The second-order valence-corrected chi connectivity index (χ2v) is 8.65. The van der Waals surface area contributed by atoms with Crippen LogP contribution in [-0.2, 0) is 4.79 Å². The van der Waals surface area contributed by atoms with E-state index in [-0.39, 0.29) is 5.41 Å². The van der Waals surface area contributed by atoms with Gasteiger partial charge in [-0.25, -0.2) is 0 Å². The van der Waals surface area contributed by atoms with E-state index in [1.807, 2.05) is 20.8 Å². The normalized spacial score (nSPS) is 23.5. The van der Waals surface area contributed by atoms with Gasteiger partial charge in [0, 0.05) is 11.8 Å². The summed E-state index contributed by atoms with van der Waals surface area (Å²) in [6, 6.07) is 0. The molecular weight excluding hydrogens is 256 g/mol. The van der Waals surface area contributed by atoms with Gasteiger partial charge in [-0.1, -0.05) is 73.1 Å². The van der Waals surface area contributed by atoms with Crippen molar-refractivity contribution in [3.63, 3.8) is 0 Å². The molecule has 0 aliphatic heterocycles. The van der Waals surface area contributed by atoms with E-state index in [2.05, 4.69) is 13.8 Å². The minimum absolute atomic E-state index is 0.144. The molecule has 0 spiro atoms. The molecule has 1 heteroatoms. The summed E-state index contributed by atoms with van der Waals surface area (Å²) in [5.41, 5.74) is -0.144. The van der Waals surface area contributed by atoms with Crippen LogP contribution in [0.3, 0.4) is 0 Å². The Kier molecular flexibility index (Phi) is 7.98. The topological polar surface area (TPSA) is 17.1 Å². The Labute approximate surface area is 133 Å². The van der Waals surface area contributed by atoms with Crippen LogP contribution in [0.25, 0.3) is 0 Å². The summed E-state index contributed by atoms with van der Waals surface area (Å²) < 4.78 is 0. The Balaban J connectivity index is 1.99. The van der Waals surface area contributed by atoms with Gasteiger partial charge in [-0.2, -0.15) is 0 Å². The molecule has 0 aromatic heterocycles. The van der Waals surface area contributed by atoms with Crippen LogP contribution in [0, 0.1) is 23.2 Å². The molecule has 0 amide bonds. The van der Waals surface area contributed by atoms with Gasteiger partial charge in [0.15, 0.2) is 0 Å². The fraction of sp³-hybridized carbons (Fsp3) is 0.950. The van der Waals surface area contributed by atoms with E-state index in [1.165, 1.54) is 51.4 Å². The molecule has 0 heterocycles. The van der Waals surface area contributed by atoms with Crippen molar-refractivity contribution in [3.05, 3.63) is 0 Å². The highest BCUT2D eigenvalue weighted by Crippen LogP contribution is 2.35. The summed E-state index contributed by atoms with van der Waals surface area (Å²) in [7, 11) is 0. The lowest BCUT2D eigenvalue weighted by atomic mass is 9.75. The van der Waals surface area contributed by atoms with E-state index in [0.29, 0.717) is 5.78 Å². The molecule has 1 aliphatic carbocycles. The Morgan fingerprint density at radius 3 is 2.05 bits per heavy atom. The van der Waals surface area contributed by atoms with Crippen LogP contribution < -0.4 is 0 Å². The number of unbranched alkanes of at least 4 members (excludes halogenated alkanes) is 3. The molecular formula is C20H38O. The van der Waals surface area contributed by atoms with Gasteiger partial charge >= 0.3 is 0 Å². The van der Waals surface area contributed by atoms with Crippen LogP contribution in [0.5, 0.6) is 0 Å². The van der Waals surface area contributed by atoms with Crippen molar-refractivity contribution in [3.8, 4) is 0 Å². The predicted molar refractivity (Wildman–Crippen MR) is 92.5 cm³/mol. The maximum Gasteiger partial charge on any atom is 0.138 e. The minimum Gasteiger partial charge on any atom is -0.299 e. The summed E-state index contributed by atoms with van der Waals surface area (Å²) in [4.78, 5) is 11.8. The molecule has 0 N–H and O–H groups in total. The second kappa shape index (κ2) is 8.96. The molecule has 1 nitrogen and oxygen atoms in total. The second-order valence-electron chi connectivity index (χ2n) is 8.65. The van der Waals surface area contributed by atoms with Crippen LogP contribution in [0.2, 0.25) is 0 Å². The number of carbonyl (C=O) groups excluding carboxylic acids is 1. The summed E-state index contributed by atoms with van der Waals surface area (Å²) in [5.74, 6) is 3.29. The molecule has 0 bridgehead atoms. The average Bonchev–Trinajstić information content (AvgIpc) is 2.41. The molecule has 0 atom stereocenters. The Morgan fingerprint density at radius 1 is 0.952 bits per heavy atom. The molecule has 21 heavy (non-hydrogen) atoms. The zero-order valence-electron chi connectivity index (χ0n) is 15.2. The molecule has 0 radical (unpaired) electrons. The zero-order chi connectivity index (χ0) is 15.9. The molecule has 1 rings (SSSR count). The van der Waals surface area contributed by atoms with Crippen molar-refractivity contribution in [2.75, 3.05) is 0 Å². The number of rotatable bonds is 8. The molecule has 1 aliphatic rings. The quantitative estimate of drug-likeness (QED) is 0.473. The summed E-state index contributed by atoms with van der Waals surface area (Å²) in [6.45, 7) is 10.8. The molecule has 0 unspecified atom stereocenters. The SMILES string of the molecule is CC(C)C1CCC(CCCCCCC(=O)C(C)(C)C)CC1. The summed E-state index contributed by atoms with van der Waals surface area (Å²) in [6.07, 6.45) is 13.1. The van der Waals surface area contributed by atoms with Gasteiger partial charge in [0.05, 0.1) is 0 Å². The zero-order valence-corrected chi connectivity index (χ0v) is 15.2. The third kappa shape index (κ3) is 7.47. The molecule has 0 aromatic carbocycles. The minimum atomic E-state index is -0.144. The molecule has 1 fully saturated rings. The van der Waals surface area contributed by atoms with E-state index in [0.717, 1.165) is 30.6 Å². The first-order valence-corrected chi connectivity index (χ1v) is 9.34. The Morgan fingerprint density at radius 2 is 1.52 bits per heavy atom. The lowest BCUT2D eigenvalue weighted by molar-refractivity contribution is -0.126. The summed E-state index contributed by atoms with van der Waals surface area (Å²) in [5, 5.41) is 0. The molecule has 0 aromatic rings. The molecule has 1 saturated carbocycles. The molecule has 124 valence electrons. The standard InChI is InChI=1S/C20H38O/c1-16(2)18-14-12-17(13-15-18)10-8-6-7-9-11-19(21)20(3,4)5/h16-18H,6-15H2,1-5H3. The van der Waals surface area contributed by atoms with Crippen LogP contribution >= 0.6 is 0 Å². The Bertz CT molecular complexity index is 289. The Hall–Kier alpha value is -0.330. The summed E-state index contributed by atoms with van der Waals surface area (Å²) >= 11 is 0. The first-order chi connectivity index (χ1) is 9.80. The maximum absolute atomic E-state index is 11.8. The first-order valence-electron chi connectivity index (χ1n) is 9.34. The third-order valence-electron chi connectivity index (χ3n) is 5.44. The van der Waals surface area contributed by atoms with Crippen LogP contribution in [0.4, 0.5) is 0 Å². The fourth-order valence-corrected chi connectivity index (χ4v) is 3.59. The lowest BCUT2D eigenvalue weighted by Crippen LogP contribution is -2.19. The van der Waals surface area contributed by atoms with E-state index in [4.69, 9.17) is 0 Å². The lowest BCUT2D eigenvalue weighted by Gasteiger charge is -2.30. The van der Waals surface area contributed by atoms with Crippen molar-refractivity contribution in [1.29, 1.82) is 0 Å². The van der Waals surface area contributed by atoms with Gasteiger partial charge in [0.25, 0.3) is 0 Å². The van der Waals surface area contributed by atoms with E-state index in [1.54, 1.807) is 0 Å². The van der Waals surface area contributed by atoms with Gasteiger partial charge < -0.3 is 0 Å². The van der Waals surface area contributed by atoms with E-state index >= 15 is 0 Å². The van der Waals surface area contributed by atoms with Gasteiger partial charge in [0.2, 0.25) is 0 Å². The number of hydrogen-bond acceptors (Lipinski definition) is 1. The highest BCUT2D eigenvalue weighted by Gasteiger charge is 2.23. The predicted octanol–water partition coefficient (Wildman–Crippen LogP) is 6.40. The fourth-order valence-electron chi connectivity index (χ4n) is 3.59. The maximum atomic E-state index is 11.8. The number of hydrogen-bond donors (Lipinski definition) is 0.